The standard InChI is InChI=1S/C18H20N2O2/c21-10-9-20-13-15-1-3-16-12-17(22-18(16)11-15)4-2-14-5-7-19-8-6-14/h1,3,5-8,11-12,20-21H,2,4,9-10,13H2. The zero-order valence-electron chi connectivity index (χ0n) is 12.5. The van der Waals surface area contributed by atoms with E-state index >= 15 is 0 Å². The van der Waals surface area contributed by atoms with Gasteiger partial charge in [-0.2, -0.15) is 0 Å². The number of furan rings is 1. The Morgan fingerprint density at radius 1 is 1.00 bits per heavy atom. The molecular formula is C18H20N2O2. The predicted octanol–water partition coefficient (Wildman–Crippen LogP) is 2.69. The van der Waals surface area contributed by atoms with Crippen molar-refractivity contribution in [2.75, 3.05) is 13.2 Å². The Balaban J connectivity index is 1.67. The molecule has 0 bridgehead atoms. The molecule has 0 saturated heterocycles. The fourth-order valence-electron chi connectivity index (χ4n) is 2.49. The summed E-state index contributed by atoms with van der Waals surface area (Å²) in [5, 5.41) is 13.1. The molecule has 0 unspecified atom stereocenters. The van der Waals surface area contributed by atoms with Crippen molar-refractivity contribution in [1.82, 2.24) is 10.3 Å². The molecule has 22 heavy (non-hydrogen) atoms. The van der Waals surface area contributed by atoms with Gasteiger partial charge in [0.25, 0.3) is 0 Å². The Labute approximate surface area is 129 Å². The second-order valence-electron chi connectivity index (χ2n) is 5.34. The number of hydrogen-bond donors (Lipinski definition) is 2. The Morgan fingerprint density at radius 3 is 2.68 bits per heavy atom. The number of rotatable bonds is 7. The van der Waals surface area contributed by atoms with Crippen LogP contribution in [0.1, 0.15) is 16.9 Å². The average molecular weight is 296 g/mol. The lowest BCUT2D eigenvalue weighted by Crippen LogP contribution is -2.17. The van der Waals surface area contributed by atoms with Crippen molar-refractivity contribution in [2.24, 2.45) is 0 Å². The molecule has 0 aliphatic heterocycles. The van der Waals surface area contributed by atoms with Crippen molar-refractivity contribution < 1.29 is 9.52 Å². The third kappa shape index (κ3) is 3.72. The highest BCUT2D eigenvalue weighted by Gasteiger charge is 2.05. The fourth-order valence-corrected chi connectivity index (χ4v) is 2.49. The number of benzene rings is 1. The summed E-state index contributed by atoms with van der Waals surface area (Å²) in [7, 11) is 0. The van der Waals surface area contributed by atoms with E-state index in [1.165, 1.54) is 5.56 Å². The molecule has 1 aromatic carbocycles. The number of aryl methyl sites for hydroxylation is 2. The highest BCUT2D eigenvalue weighted by Crippen LogP contribution is 2.22. The zero-order valence-corrected chi connectivity index (χ0v) is 12.5. The van der Waals surface area contributed by atoms with Gasteiger partial charge in [0.1, 0.15) is 11.3 Å². The van der Waals surface area contributed by atoms with Gasteiger partial charge in [-0.25, -0.2) is 0 Å². The van der Waals surface area contributed by atoms with Gasteiger partial charge in [-0.05, 0) is 41.8 Å². The molecule has 2 heterocycles. The van der Waals surface area contributed by atoms with Crippen LogP contribution in [0.25, 0.3) is 11.0 Å². The van der Waals surface area contributed by atoms with Crippen LogP contribution in [-0.2, 0) is 19.4 Å². The van der Waals surface area contributed by atoms with Crippen LogP contribution in [0.2, 0.25) is 0 Å². The van der Waals surface area contributed by atoms with E-state index in [2.05, 4.69) is 34.6 Å². The van der Waals surface area contributed by atoms with E-state index in [1.54, 1.807) is 0 Å². The molecule has 0 spiro atoms. The van der Waals surface area contributed by atoms with Gasteiger partial charge >= 0.3 is 0 Å². The minimum atomic E-state index is 0.155. The summed E-state index contributed by atoms with van der Waals surface area (Å²) in [6.45, 7) is 1.50. The molecule has 114 valence electrons. The second-order valence-corrected chi connectivity index (χ2v) is 5.34. The van der Waals surface area contributed by atoms with Crippen LogP contribution in [0, 0.1) is 0 Å². The molecule has 2 aromatic heterocycles. The minimum Gasteiger partial charge on any atom is -0.461 e. The topological polar surface area (TPSA) is 58.3 Å². The quantitative estimate of drug-likeness (QED) is 0.658. The number of fused-ring (bicyclic) bond motifs is 1. The van der Waals surface area contributed by atoms with Crippen molar-refractivity contribution >= 4 is 11.0 Å². The first kappa shape index (κ1) is 14.8. The zero-order chi connectivity index (χ0) is 15.2. The summed E-state index contributed by atoms with van der Waals surface area (Å²) in [4.78, 5) is 4.03. The highest BCUT2D eigenvalue weighted by molar-refractivity contribution is 5.78. The lowest BCUT2D eigenvalue weighted by atomic mass is 10.1. The van der Waals surface area contributed by atoms with Gasteiger partial charge in [0.15, 0.2) is 0 Å². The molecule has 4 heteroatoms. The molecule has 2 N–H and O–H groups in total. The van der Waals surface area contributed by atoms with E-state index in [-0.39, 0.29) is 6.61 Å². The van der Waals surface area contributed by atoms with Crippen LogP contribution in [-0.4, -0.2) is 23.2 Å². The first-order valence-corrected chi connectivity index (χ1v) is 7.57. The molecule has 3 aromatic rings. The summed E-state index contributed by atoms with van der Waals surface area (Å²) in [6.07, 6.45) is 5.48. The van der Waals surface area contributed by atoms with Crippen molar-refractivity contribution in [3.8, 4) is 0 Å². The lowest BCUT2D eigenvalue weighted by molar-refractivity contribution is 0.292. The van der Waals surface area contributed by atoms with E-state index in [1.807, 2.05) is 24.5 Å². The largest absolute Gasteiger partial charge is 0.461 e. The maximum Gasteiger partial charge on any atom is 0.134 e. The van der Waals surface area contributed by atoms with Crippen LogP contribution < -0.4 is 5.32 Å². The molecule has 0 fully saturated rings. The van der Waals surface area contributed by atoms with Crippen LogP contribution in [0.5, 0.6) is 0 Å². The van der Waals surface area contributed by atoms with E-state index in [0.717, 1.165) is 41.7 Å². The Hall–Kier alpha value is -2.17. The third-order valence-electron chi connectivity index (χ3n) is 3.66. The second kappa shape index (κ2) is 7.20. The first-order chi connectivity index (χ1) is 10.8. The van der Waals surface area contributed by atoms with Gasteiger partial charge in [0.05, 0.1) is 6.61 Å². The van der Waals surface area contributed by atoms with E-state index in [0.29, 0.717) is 6.54 Å². The SMILES string of the molecule is OCCNCc1ccc2cc(CCc3ccncc3)oc2c1. The Kier molecular flexibility index (Phi) is 4.83. The number of nitrogens with one attached hydrogen (secondary N) is 1. The summed E-state index contributed by atoms with van der Waals surface area (Å²) in [6, 6.07) is 12.4. The Morgan fingerprint density at radius 2 is 1.86 bits per heavy atom. The molecule has 3 rings (SSSR count). The predicted molar refractivity (Wildman–Crippen MR) is 86.7 cm³/mol. The summed E-state index contributed by atoms with van der Waals surface area (Å²) >= 11 is 0. The average Bonchev–Trinajstić information content (AvgIpc) is 2.96. The van der Waals surface area contributed by atoms with Crippen LogP contribution in [0.3, 0.4) is 0 Å². The molecular weight excluding hydrogens is 276 g/mol. The molecule has 0 saturated carbocycles. The van der Waals surface area contributed by atoms with Gasteiger partial charge < -0.3 is 14.8 Å². The summed E-state index contributed by atoms with van der Waals surface area (Å²) in [5.41, 5.74) is 3.35. The molecule has 0 aliphatic rings. The van der Waals surface area contributed by atoms with Gasteiger partial charge in [0, 0.05) is 37.3 Å². The maximum atomic E-state index is 8.79. The smallest absolute Gasteiger partial charge is 0.134 e. The number of nitrogens with zero attached hydrogens (tertiary/aromatic N) is 1. The van der Waals surface area contributed by atoms with E-state index in [4.69, 9.17) is 9.52 Å². The summed E-state index contributed by atoms with van der Waals surface area (Å²) in [5.74, 6) is 1.01. The summed E-state index contributed by atoms with van der Waals surface area (Å²) < 4.78 is 5.94. The monoisotopic (exact) mass is 296 g/mol. The van der Waals surface area contributed by atoms with Crippen LogP contribution in [0.15, 0.2) is 53.2 Å². The van der Waals surface area contributed by atoms with Crippen molar-refractivity contribution in [1.29, 1.82) is 0 Å². The minimum absolute atomic E-state index is 0.155. The molecule has 0 aliphatic carbocycles. The highest BCUT2D eigenvalue weighted by atomic mass is 16.3. The van der Waals surface area contributed by atoms with E-state index in [9.17, 15) is 0 Å². The van der Waals surface area contributed by atoms with Crippen LogP contribution in [0.4, 0.5) is 0 Å². The normalized spacial score (nSPS) is 11.1. The first-order valence-electron chi connectivity index (χ1n) is 7.57. The maximum absolute atomic E-state index is 8.79. The van der Waals surface area contributed by atoms with Crippen molar-refractivity contribution in [2.45, 2.75) is 19.4 Å². The number of pyridine rings is 1. The van der Waals surface area contributed by atoms with Crippen molar-refractivity contribution in [3.05, 3.63) is 65.7 Å². The van der Waals surface area contributed by atoms with Gasteiger partial charge in [-0.15, -0.1) is 0 Å². The van der Waals surface area contributed by atoms with Gasteiger partial charge in [-0.3, -0.25) is 4.98 Å². The van der Waals surface area contributed by atoms with Gasteiger partial charge in [0.2, 0.25) is 0 Å². The molecule has 0 radical (unpaired) electrons. The molecule has 0 amide bonds. The number of hydrogen-bond acceptors (Lipinski definition) is 4. The third-order valence-corrected chi connectivity index (χ3v) is 3.66. The van der Waals surface area contributed by atoms with Gasteiger partial charge in [-0.1, -0.05) is 12.1 Å². The fraction of sp³-hybridized carbons (Fsp3) is 0.278. The van der Waals surface area contributed by atoms with Crippen LogP contribution >= 0.6 is 0 Å². The number of aromatic nitrogens is 1. The number of aliphatic hydroxyl groups is 1. The van der Waals surface area contributed by atoms with E-state index < -0.39 is 0 Å². The lowest BCUT2D eigenvalue weighted by Gasteiger charge is -2.02. The molecule has 0 atom stereocenters. The Bertz CT molecular complexity index is 722. The van der Waals surface area contributed by atoms with Crippen molar-refractivity contribution in [3.63, 3.8) is 0 Å². The number of aliphatic hydroxyl groups excluding tert-OH is 1. The molecule has 4 nitrogen and oxygen atoms in total.